The largest absolute Gasteiger partial charge is 0.468 e. The Morgan fingerprint density at radius 1 is 1.42 bits per heavy atom. The molecule has 1 aromatic heterocycles. The SMILES string of the molecule is O=C1NCCCc2occ(C(=O)N(CC(F)(F)F)C3CCOC3)c21. The lowest BCUT2D eigenvalue weighted by Crippen LogP contribution is -2.46. The Bertz CT molecular complexity index is 635. The van der Waals surface area contributed by atoms with Crippen molar-refractivity contribution in [1.29, 1.82) is 0 Å². The van der Waals surface area contributed by atoms with Gasteiger partial charge in [-0.2, -0.15) is 13.2 Å². The fraction of sp³-hybridized carbons (Fsp3) is 0.600. The van der Waals surface area contributed by atoms with Crippen LogP contribution in [0, 0.1) is 0 Å². The number of carbonyl (C=O) groups is 2. The van der Waals surface area contributed by atoms with Gasteiger partial charge in [-0.3, -0.25) is 9.59 Å². The van der Waals surface area contributed by atoms with Gasteiger partial charge in [-0.15, -0.1) is 0 Å². The number of fused-ring (bicyclic) bond motifs is 1. The number of ether oxygens (including phenoxy) is 1. The predicted molar refractivity (Wildman–Crippen MR) is 75.7 cm³/mol. The number of alkyl halides is 3. The number of aryl methyl sites for hydroxylation is 1. The molecule has 2 amide bonds. The van der Waals surface area contributed by atoms with E-state index in [1.807, 2.05) is 0 Å². The van der Waals surface area contributed by atoms with Gasteiger partial charge in [-0.1, -0.05) is 0 Å². The van der Waals surface area contributed by atoms with Crippen LogP contribution in [0.5, 0.6) is 0 Å². The molecule has 1 unspecified atom stereocenters. The second-order valence-electron chi connectivity index (χ2n) is 5.87. The summed E-state index contributed by atoms with van der Waals surface area (Å²) in [5, 5.41) is 2.62. The molecule has 0 aromatic carbocycles. The molecule has 1 N–H and O–H groups in total. The summed E-state index contributed by atoms with van der Waals surface area (Å²) < 4.78 is 49.1. The molecule has 9 heteroatoms. The maximum Gasteiger partial charge on any atom is 0.406 e. The fourth-order valence-electron chi connectivity index (χ4n) is 3.01. The predicted octanol–water partition coefficient (Wildman–Crippen LogP) is 1.75. The molecule has 24 heavy (non-hydrogen) atoms. The van der Waals surface area contributed by atoms with Crippen molar-refractivity contribution in [3.63, 3.8) is 0 Å². The van der Waals surface area contributed by atoms with E-state index in [0.29, 0.717) is 38.2 Å². The summed E-state index contributed by atoms with van der Waals surface area (Å²) in [6.07, 6.45) is -2.04. The summed E-state index contributed by atoms with van der Waals surface area (Å²) in [5.41, 5.74) is -0.0795. The number of amides is 2. The van der Waals surface area contributed by atoms with Crippen LogP contribution in [0.3, 0.4) is 0 Å². The highest BCUT2D eigenvalue weighted by Gasteiger charge is 2.40. The van der Waals surface area contributed by atoms with Crippen LogP contribution in [0.1, 0.15) is 39.3 Å². The van der Waals surface area contributed by atoms with E-state index in [9.17, 15) is 22.8 Å². The van der Waals surface area contributed by atoms with E-state index in [4.69, 9.17) is 9.15 Å². The van der Waals surface area contributed by atoms with Gasteiger partial charge in [0, 0.05) is 19.6 Å². The third kappa shape index (κ3) is 3.40. The van der Waals surface area contributed by atoms with Gasteiger partial charge < -0.3 is 19.4 Å². The highest BCUT2D eigenvalue weighted by atomic mass is 19.4. The average molecular weight is 346 g/mol. The molecule has 3 rings (SSSR count). The van der Waals surface area contributed by atoms with Gasteiger partial charge in [0.2, 0.25) is 0 Å². The molecule has 1 fully saturated rings. The zero-order chi connectivity index (χ0) is 17.3. The molecule has 2 aliphatic heterocycles. The minimum Gasteiger partial charge on any atom is -0.468 e. The lowest BCUT2D eigenvalue weighted by Gasteiger charge is -2.28. The van der Waals surface area contributed by atoms with E-state index >= 15 is 0 Å². The van der Waals surface area contributed by atoms with Gasteiger partial charge in [0.1, 0.15) is 18.6 Å². The normalized spacial score (nSPS) is 21.1. The Hall–Kier alpha value is -2.03. The van der Waals surface area contributed by atoms with Crippen LogP contribution in [0.25, 0.3) is 0 Å². The number of carbonyl (C=O) groups excluding carboxylic acids is 2. The van der Waals surface area contributed by atoms with Gasteiger partial charge in [0.25, 0.3) is 11.8 Å². The molecule has 6 nitrogen and oxygen atoms in total. The summed E-state index contributed by atoms with van der Waals surface area (Å²) >= 11 is 0. The van der Waals surface area contributed by atoms with E-state index in [2.05, 4.69) is 5.32 Å². The second kappa shape index (κ2) is 6.46. The minimum absolute atomic E-state index is 0.0450. The molecule has 132 valence electrons. The summed E-state index contributed by atoms with van der Waals surface area (Å²) in [5.74, 6) is -1.01. The van der Waals surface area contributed by atoms with E-state index in [-0.39, 0.29) is 17.7 Å². The highest BCUT2D eigenvalue weighted by Crippen LogP contribution is 2.27. The Balaban J connectivity index is 1.93. The molecule has 2 aliphatic rings. The first kappa shape index (κ1) is 16.8. The lowest BCUT2D eigenvalue weighted by molar-refractivity contribution is -0.144. The van der Waals surface area contributed by atoms with Crippen LogP contribution in [-0.4, -0.2) is 55.2 Å². The number of hydrogen-bond donors (Lipinski definition) is 1. The van der Waals surface area contributed by atoms with Gasteiger partial charge >= 0.3 is 6.18 Å². The Kier molecular flexibility index (Phi) is 4.53. The zero-order valence-electron chi connectivity index (χ0n) is 12.8. The molecule has 1 aromatic rings. The topological polar surface area (TPSA) is 71.8 Å². The number of halogens is 3. The molecule has 0 aliphatic carbocycles. The Labute approximate surface area is 135 Å². The molecule has 1 saturated heterocycles. The van der Waals surface area contributed by atoms with Crippen LogP contribution >= 0.6 is 0 Å². The smallest absolute Gasteiger partial charge is 0.406 e. The number of hydrogen-bond acceptors (Lipinski definition) is 4. The fourth-order valence-corrected chi connectivity index (χ4v) is 3.01. The van der Waals surface area contributed by atoms with Crippen LogP contribution in [-0.2, 0) is 11.2 Å². The highest BCUT2D eigenvalue weighted by molar-refractivity contribution is 6.08. The quantitative estimate of drug-likeness (QED) is 0.905. The molecular formula is C15H17F3N2O4. The van der Waals surface area contributed by atoms with Gasteiger partial charge in [-0.05, 0) is 12.8 Å². The van der Waals surface area contributed by atoms with Crippen molar-refractivity contribution in [3.8, 4) is 0 Å². The first-order chi connectivity index (χ1) is 11.4. The molecule has 3 heterocycles. The van der Waals surface area contributed by atoms with Crippen LogP contribution in [0.2, 0.25) is 0 Å². The Morgan fingerprint density at radius 3 is 2.88 bits per heavy atom. The van der Waals surface area contributed by atoms with Crippen LogP contribution < -0.4 is 5.32 Å². The van der Waals surface area contributed by atoms with Crippen LogP contribution in [0.15, 0.2) is 10.7 Å². The molecular weight excluding hydrogens is 329 g/mol. The number of nitrogens with zero attached hydrogens (tertiary/aromatic N) is 1. The molecule has 0 saturated carbocycles. The van der Waals surface area contributed by atoms with Gasteiger partial charge in [-0.25, -0.2) is 0 Å². The molecule has 0 spiro atoms. The van der Waals surface area contributed by atoms with E-state index in [1.54, 1.807) is 0 Å². The summed E-state index contributed by atoms with van der Waals surface area (Å²) in [6, 6.07) is -0.668. The zero-order valence-corrected chi connectivity index (χ0v) is 12.8. The number of nitrogens with one attached hydrogen (secondary N) is 1. The first-order valence-electron chi connectivity index (χ1n) is 7.71. The van der Waals surface area contributed by atoms with E-state index in [0.717, 1.165) is 11.2 Å². The molecule has 0 bridgehead atoms. The monoisotopic (exact) mass is 346 g/mol. The van der Waals surface area contributed by atoms with E-state index in [1.165, 1.54) is 0 Å². The first-order valence-corrected chi connectivity index (χ1v) is 7.71. The third-order valence-corrected chi connectivity index (χ3v) is 4.15. The number of furan rings is 1. The number of rotatable bonds is 3. The molecule has 0 radical (unpaired) electrons. The Morgan fingerprint density at radius 2 is 2.21 bits per heavy atom. The maximum absolute atomic E-state index is 12.9. The standard InChI is InChI=1S/C15H17F3N2O4/c16-15(17,18)8-20(9-3-5-23-6-9)14(22)10-7-24-11-2-1-4-19-13(21)12(10)11/h7,9H,1-6,8H2,(H,19,21). The summed E-state index contributed by atoms with van der Waals surface area (Å²) in [6.45, 7) is -0.606. The van der Waals surface area contributed by atoms with Crippen LogP contribution in [0.4, 0.5) is 13.2 Å². The summed E-state index contributed by atoms with van der Waals surface area (Å²) in [7, 11) is 0. The van der Waals surface area contributed by atoms with Crippen molar-refractivity contribution in [1.82, 2.24) is 10.2 Å². The van der Waals surface area contributed by atoms with Gasteiger partial charge in [0.15, 0.2) is 0 Å². The van der Waals surface area contributed by atoms with Crippen molar-refractivity contribution in [2.75, 3.05) is 26.3 Å². The third-order valence-electron chi connectivity index (χ3n) is 4.15. The van der Waals surface area contributed by atoms with Crippen molar-refractivity contribution in [2.45, 2.75) is 31.5 Å². The maximum atomic E-state index is 12.9. The summed E-state index contributed by atoms with van der Waals surface area (Å²) in [4.78, 5) is 25.6. The van der Waals surface area contributed by atoms with Crippen molar-refractivity contribution >= 4 is 11.8 Å². The van der Waals surface area contributed by atoms with Crippen molar-refractivity contribution in [3.05, 3.63) is 23.2 Å². The van der Waals surface area contributed by atoms with Gasteiger partial charge in [0.05, 0.1) is 23.8 Å². The molecule has 1 atom stereocenters. The average Bonchev–Trinajstić information content (AvgIpc) is 3.14. The van der Waals surface area contributed by atoms with E-state index < -0.39 is 30.6 Å². The minimum atomic E-state index is -4.54. The lowest BCUT2D eigenvalue weighted by atomic mass is 10.1. The second-order valence-corrected chi connectivity index (χ2v) is 5.87. The van der Waals surface area contributed by atoms with Crippen molar-refractivity contribution in [2.24, 2.45) is 0 Å². The van der Waals surface area contributed by atoms with Crippen molar-refractivity contribution < 1.29 is 31.9 Å².